The minimum atomic E-state index is -0.456. The molecule has 0 atom stereocenters. The fourth-order valence-corrected chi connectivity index (χ4v) is 1.10. The Morgan fingerprint density at radius 3 is 3.00 bits per heavy atom. The molecule has 0 saturated carbocycles. The van der Waals surface area contributed by atoms with Gasteiger partial charge < -0.3 is 9.72 Å². The zero-order valence-corrected chi connectivity index (χ0v) is 7.97. The van der Waals surface area contributed by atoms with Gasteiger partial charge in [-0.1, -0.05) is 0 Å². The number of methoxy groups -OCH3 is 1. The highest BCUT2D eigenvalue weighted by atomic mass is 16.5. The second-order valence-electron chi connectivity index (χ2n) is 2.73. The number of H-pyrrole nitrogens is 1. The SMILES string of the molecule is COC(=O)c1cnc(-c2ccncn2)[nH]1. The highest BCUT2D eigenvalue weighted by molar-refractivity contribution is 5.87. The standard InChI is InChI=1S/C9H8N4O2/c1-15-9(14)7-4-11-8(13-7)6-2-3-10-5-12-6/h2-5H,1H3,(H,11,13). The van der Waals surface area contributed by atoms with Gasteiger partial charge in [0.05, 0.1) is 13.3 Å². The van der Waals surface area contributed by atoms with Crippen LogP contribution in [0.5, 0.6) is 0 Å². The third-order valence-corrected chi connectivity index (χ3v) is 1.81. The Labute approximate surface area is 85.4 Å². The Balaban J connectivity index is 2.32. The maximum atomic E-state index is 11.1. The van der Waals surface area contributed by atoms with Crippen LogP contribution in [0.4, 0.5) is 0 Å². The number of hydrogen-bond donors (Lipinski definition) is 1. The molecule has 2 aromatic heterocycles. The molecule has 2 heterocycles. The molecule has 6 heteroatoms. The van der Waals surface area contributed by atoms with Crippen molar-refractivity contribution < 1.29 is 9.53 Å². The molecule has 2 aromatic rings. The van der Waals surface area contributed by atoms with Gasteiger partial charge in [-0.15, -0.1) is 0 Å². The highest BCUT2D eigenvalue weighted by Gasteiger charge is 2.10. The number of carbonyl (C=O) groups excluding carboxylic acids is 1. The molecule has 0 aliphatic heterocycles. The summed E-state index contributed by atoms with van der Waals surface area (Å²) in [6, 6.07) is 1.69. The summed E-state index contributed by atoms with van der Waals surface area (Å²) in [5, 5.41) is 0. The third-order valence-electron chi connectivity index (χ3n) is 1.81. The van der Waals surface area contributed by atoms with Gasteiger partial charge in [-0.05, 0) is 6.07 Å². The molecule has 0 spiro atoms. The number of esters is 1. The lowest BCUT2D eigenvalue weighted by molar-refractivity contribution is 0.0595. The van der Waals surface area contributed by atoms with E-state index in [-0.39, 0.29) is 0 Å². The molecule has 6 nitrogen and oxygen atoms in total. The van der Waals surface area contributed by atoms with Gasteiger partial charge in [0.25, 0.3) is 0 Å². The molecule has 0 fully saturated rings. The Morgan fingerprint density at radius 1 is 1.47 bits per heavy atom. The maximum Gasteiger partial charge on any atom is 0.356 e. The molecule has 0 radical (unpaired) electrons. The average molecular weight is 204 g/mol. The summed E-state index contributed by atoms with van der Waals surface area (Å²) in [5.74, 6) is 0.0561. The number of ether oxygens (including phenoxy) is 1. The second-order valence-corrected chi connectivity index (χ2v) is 2.73. The van der Waals surface area contributed by atoms with Crippen LogP contribution in [0.3, 0.4) is 0 Å². The van der Waals surface area contributed by atoms with E-state index in [4.69, 9.17) is 0 Å². The highest BCUT2D eigenvalue weighted by Crippen LogP contribution is 2.11. The fraction of sp³-hybridized carbons (Fsp3) is 0.111. The second kappa shape index (κ2) is 3.87. The summed E-state index contributed by atoms with van der Waals surface area (Å²) in [4.78, 5) is 25.7. The number of imidazole rings is 1. The lowest BCUT2D eigenvalue weighted by atomic mass is 10.4. The summed E-state index contributed by atoms with van der Waals surface area (Å²) >= 11 is 0. The molecule has 0 aliphatic carbocycles. The van der Waals surface area contributed by atoms with Crippen LogP contribution in [-0.2, 0) is 4.74 Å². The summed E-state index contributed by atoms with van der Waals surface area (Å²) in [7, 11) is 1.31. The van der Waals surface area contributed by atoms with E-state index in [0.717, 1.165) is 0 Å². The van der Waals surface area contributed by atoms with Gasteiger partial charge in [0, 0.05) is 6.20 Å². The van der Waals surface area contributed by atoms with Crippen LogP contribution in [0, 0.1) is 0 Å². The number of aromatic nitrogens is 4. The summed E-state index contributed by atoms with van der Waals surface area (Å²) < 4.78 is 4.54. The topological polar surface area (TPSA) is 80.8 Å². The quantitative estimate of drug-likeness (QED) is 0.726. The summed E-state index contributed by atoms with van der Waals surface area (Å²) in [5.41, 5.74) is 0.922. The van der Waals surface area contributed by atoms with Crippen molar-refractivity contribution in [3.63, 3.8) is 0 Å². The number of aromatic amines is 1. The Hall–Kier alpha value is -2.24. The van der Waals surface area contributed by atoms with Gasteiger partial charge in [-0.3, -0.25) is 0 Å². The zero-order chi connectivity index (χ0) is 10.7. The van der Waals surface area contributed by atoms with Crippen molar-refractivity contribution in [3.8, 4) is 11.5 Å². The predicted molar refractivity (Wildman–Crippen MR) is 51.0 cm³/mol. The molecule has 1 N–H and O–H groups in total. The molecule has 0 saturated heterocycles. The van der Waals surface area contributed by atoms with Crippen LogP contribution in [0.15, 0.2) is 24.8 Å². The van der Waals surface area contributed by atoms with Crippen molar-refractivity contribution in [3.05, 3.63) is 30.5 Å². The van der Waals surface area contributed by atoms with Gasteiger partial charge in [-0.25, -0.2) is 19.7 Å². The maximum absolute atomic E-state index is 11.1. The van der Waals surface area contributed by atoms with Gasteiger partial charge in [0.15, 0.2) is 5.82 Å². The molecule has 0 bridgehead atoms. The monoisotopic (exact) mass is 204 g/mol. The molecule has 0 unspecified atom stereocenters. The first kappa shape index (κ1) is 9.32. The first-order chi connectivity index (χ1) is 7.31. The van der Waals surface area contributed by atoms with Crippen molar-refractivity contribution >= 4 is 5.97 Å². The van der Waals surface area contributed by atoms with E-state index in [9.17, 15) is 4.79 Å². The van der Waals surface area contributed by atoms with Crippen LogP contribution >= 0.6 is 0 Å². The molecule has 76 valence electrons. The number of hydrogen-bond acceptors (Lipinski definition) is 5. The van der Waals surface area contributed by atoms with Crippen molar-refractivity contribution in [2.75, 3.05) is 7.11 Å². The van der Waals surface area contributed by atoms with E-state index in [1.165, 1.54) is 19.6 Å². The van der Waals surface area contributed by atoms with Gasteiger partial charge in [-0.2, -0.15) is 0 Å². The first-order valence-corrected chi connectivity index (χ1v) is 4.21. The number of rotatable bonds is 2. The summed E-state index contributed by atoms with van der Waals surface area (Å²) in [6.45, 7) is 0. The van der Waals surface area contributed by atoms with E-state index in [1.807, 2.05) is 0 Å². The first-order valence-electron chi connectivity index (χ1n) is 4.21. The molecule has 15 heavy (non-hydrogen) atoms. The zero-order valence-electron chi connectivity index (χ0n) is 7.97. The molecule has 2 rings (SSSR count). The number of nitrogens with one attached hydrogen (secondary N) is 1. The van der Waals surface area contributed by atoms with Crippen molar-refractivity contribution in [1.82, 2.24) is 19.9 Å². The molecular formula is C9H8N4O2. The smallest absolute Gasteiger partial charge is 0.356 e. The molecule has 0 amide bonds. The van der Waals surface area contributed by atoms with Crippen molar-refractivity contribution in [2.45, 2.75) is 0 Å². The van der Waals surface area contributed by atoms with E-state index in [0.29, 0.717) is 17.2 Å². The van der Waals surface area contributed by atoms with Crippen molar-refractivity contribution in [1.29, 1.82) is 0 Å². The Kier molecular flexibility index (Phi) is 2.40. The average Bonchev–Trinajstić information content (AvgIpc) is 2.78. The van der Waals surface area contributed by atoms with E-state index in [1.54, 1.807) is 12.3 Å². The lowest BCUT2D eigenvalue weighted by Gasteiger charge is -1.94. The minimum Gasteiger partial charge on any atom is -0.464 e. The number of nitrogens with zero attached hydrogens (tertiary/aromatic N) is 3. The molecule has 0 aliphatic rings. The normalized spacial score (nSPS) is 9.93. The van der Waals surface area contributed by atoms with Gasteiger partial charge in [0.2, 0.25) is 0 Å². The van der Waals surface area contributed by atoms with Crippen LogP contribution in [0.25, 0.3) is 11.5 Å². The summed E-state index contributed by atoms with van der Waals surface area (Å²) in [6.07, 6.45) is 4.42. The third kappa shape index (κ3) is 1.83. The lowest BCUT2D eigenvalue weighted by Crippen LogP contribution is -2.01. The van der Waals surface area contributed by atoms with Crippen LogP contribution in [-0.4, -0.2) is 33.0 Å². The minimum absolute atomic E-state index is 0.297. The molecule has 0 aromatic carbocycles. The van der Waals surface area contributed by atoms with Crippen molar-refractivity contribution in [2.24, 2.45) is 0 Å². The largest absolute Gasteiger partial charge is 0.464 e. The van der Waals surface area contributed by atoms with Crippen LogP contribution in [0.1, 0.15) is 10.5 Å². The van der Waals surface area contributed by atoms with Crippen LogP contribution in [0.2, 0.25) is 0 Å². The fourth-order valence-electron chi connectivity index (χ4n) is 1.10. The number of carbonyl (C=O) groups is 1. The predicted octanol–water partition coefficient (Wildman–Crippen LogP) is 0.653. The van der Waals surface area contributed by atoms with Crippen LogP contribution < -0.4 is 0 Å². The van der Waals surface area contributed by atoms with E-state index >= 15 is 0 Å². The molecular weight excluding hydrogens is 196 g/mol. The Morgan fingerprint density at radius 2 is 2.33 bits per heavy atom. The Bertz CT molecular complexity index is 466. The van der Waals surface area contributed by atoms with Gasteiger partial charge >= 0.3 is 5.97 Å². The van der Waals surface area contributed by atoms with Gasteiger partial charge in [0.1, 0.15) is 17.7 Å². The van der Waals surface area contributed by atoms with E-state index in [2.05, 4.69) is 24.7 Å². The van der Waals surface area contributed by atoms with E-state index < -0.39 is 5.97 Å².